The SMILES string of the molecule is O=C(O)Cc1cnc(C(F)F)c(I)c1Br. The average molecular weight is 392 g/mol. The van der Waals surface area contributed by atoms with Gasteiger partial charge in [0.25, 0.3) is 6.43 Å². The van der Waals surface area contributed by atoms with Crippen LogP contribution >= 0.6 is 38.5 Å². The number of carboxylic acids is 1. The van der Waals surface area contributed by atoms with Crippen LogP contribution in [-0.4, -0.2) is 16.1 Å². The van der Waals surface area contributed by atoms with E-state index in [0.717, 1.165) is 6.20 Å². The molecule has 0 aliphatic rings. The van der Waals surface area contributed by atoms with Crippen LogP contribution in [0.1, 0.15) is 17.7 Å². The van der Waals surface area contributed by atoms with Gasteiger partial charge in [0.1, 0.15) is 5.69 Å². The molecule has 1 rings (SSSR count). The van der Waals surface area contributed by atoms with Gasteiger partial charge in [-0.1, -0.05) is 0 Å². The Morgan fingerprint density at radius 1 is 1.67 bits per heavy atom. The Balaban J connectivity index is 3.15. The Hall–Kier alpha value is -0.310. The summed E-state index contributed by atoms with van der Waals surface area (Å²) in [4.78, 5) is 14.0. The number of carboxylic acid groups (broad SMARTS) is 1. The second-order valence-electron chi connectivity index (χ2n) is 2.67. The van der Waals surface area contributed by atoms with E-state index in [-0.39, 0.29) is 15.7 Å². The van der Waals surface area contributed by atoms with Gasteiger partial charge in [-0.15, -0.1) is 0 Å². The van der Waals surface area contributed by atoms with E-state index in [1.165, 1.54) is 0 Å². The van der Waals surface area contributed by atoms with E-state index in [2.05, 4.69) is 20.9 Å². The first-order chi connectivity index (χ1) is 6.93. The molecule has 0 spiro atoms. The molecule has 0 atom stereocenters. The highest BCUT2D eigenvalue weighted by Crippen LogP contribution is 2.30. The van der Waals surface area contributed by atoms with E-state index < -0.39 is 12.4 Å². The number of halogens is 4. The molecule has 3 nitrogen and oxygen atoms in total. The smallest absolute Gasteiger partial charge is 0.307 e. The van der Waals surface area contributed by atoms with Gasteiger partial charge in [0.05, 0.1) is 9.99 Å². The number of hydrogen-bond donors (Lipinski definition) is 1. The first kappa shape index (κ1) is 12.8. The molecule has 0 aliphatic carbocycles. The maximum absolute atomic E-state index is 12.4. The Labute approximate surface area is 106 Å². The summed E-state index contributed by atoms with van der Waals surface area (Å²) in [6.45, 7) is 0. The lowest BCUT2D eigenvalue weighted by atomic mass is 10.2. The summed E-state index contributed by atoms with van der Waals surface area (Å²) in [5, 5.41) is 8.56. The van der Waals surface area contributed by atoms with Crippen LogP contribution in [0.2, 0.25) is 0 Å². The summed E-state index contributed by atoms with van der Waals surface area (Å²) in [5.74, 6) is -1.03. The zero-order valence-corrected chi connectivity index (χ0v) is 10.9. The standard InChI is InChI=1S/C8H5BrF2INO2/c9-5-3(1-4(14)15)2-13-7(6(5)12)8(10)11/h2,8H,1H2,(H,14,15). The predicted molar refractivity (Wildman–Crippen MR) is 61.0 cm³/mol. The van der Waals surface area contributed by atoms with Crippen molar-refractivity contribution in [3.05, 3.63) is 25.5 Å². The molecule has 7 heteroatoms. The van der Waals surface area contributed by atoms with Crippen molar-refractivity contribution in [2.45, 2.75) is 12.8 Å². The van der Waals surface area contributed by atoms with Crippen molar-refractivity contribution >= 4 is 44.5 Å². The second-order valence-corrected chi connectivity index (χ2v) is 4.54. The number of carbonyl (C=O) groups is 1. The van der Waals surface area contributed by atoms with E-state index in [1.54, 1.807) is 22.6 Å². The fourth-order valence-electron chi connectivity index (χ4n) is 0.953. The molecule has 0 bridgehead atoms. The topological polar surface area (TPSA) is 50.2 Å². The van der Waals surface area contributed by atoms with Gasteiger partial charge < -0.3 is 5.11 Å². The number of hydrogen-bond acceptors (Lipinski definition) is 2. The quantitative estimate of drug-likeness (QED) is 0.806. The minimum absolute atomic E-state index is 0.243. The van der Waals surface area contributed by atoms with Crippen molar-refractivity contribution in [2.75, 3.05) is 0 Å². The molecular weight excluding hydrogens is 387 g/mol. The number of alkyl halides is 2. The zero-order valence-electron chi connectivity index (χ0n) is 7.18. The van der Waals surface area contributed by atoms with Crippen molar-refractivity contribution in [1.29, 1.82) is 0 Å². The van der Waals surface area contributed by atoms with Crippen molar-refractivity contribution < 1.29 is 18.7 Å². The van der Waals surface area contributed by atoms with Gasteiger partial charge in [0, 0.05) is 10.7 Å². The van der Waals surface area contributed by atoms with E-state index in [1.807, 2.05) is 0 Å². The zero-order chi connectivity index (χ0) is 11.6. The first-order valence-electron chi connectivity index (χ1n) is 3.76. The summed E-state index contributed by atoms with van der Waals surface area (Å²) in [6, 6.07) is 0. The number of nitrogens with zero attached hydrogens (tertiary/aromatic N) is 1. The lowest BCUT2D eigenvalue weighted by Crippen LogP contribution is -2.05. The van der Waals surface area contributed by atoms with Crippen LogP contribution in [0.5, 0.6) is 0 Å². The fourth-order valence-corrected chi connectivity index (χ4v) is 2.12. The molecule has 1 aromatic rings. The highest BCUT2D eigenvalue weighted by Gasteiger charge is 2.18. The highest BCUT2D eigenvalue weighted by molar-refractivity contribution is 14.1. The highest BCUT2D eigenvalue weighted by atomic mass is 127. The molecule has 0 aromatic carbocycles. The van der Waals surface area contributed by atoms with Gasteiger partial charge in [0.2, 0.25) is 0 Å². The Morgan fingerprint density at radius 3 is 2.73 bits per heavy atom. The maximum atomic E-state index is 12.4. The van der Waals surface area contributed by atoms with Crippen molar-refractivity contribution in [3.8, 4) is 0 Å². The third-order valence-corrected chi connectivity index (χ3v) is 4.35. The predicted octanol–water partition coefficient (Wildman–Crippen LogP) is 3.01. The van der Waals surface area contributed by atoms with Crippen molar-refractivity contribution in [2.24, 2.45) is 0 Å². The van der Waals surface area contributed by atoms with Crippen LogP contribution in [0.15, 0.2) is 10.7 Å². The molecule has 15 heavy (non-hydrogen) atoms. The van der Waals surface area contributed by atoms with E-state index in [9.17, 15) is 13.6 Å². The number of aliphatic carboxylic acids is 1. The van der Waals surface area contributed by atoms with Crippen LogP contribution in [-0.2, 0) is 11.2 Å². The van der Waals surface area contributed by atoms with Crippen LogP contribution < -0.4 is 0 Å². The Kier molecular flexibility index (Phi) is 4.38. The molecule has 82 valence electrons. The van der Waals surface area contributed by atoms with E-state index in [4.69, 9.17) is 5.11 Å². The minimum atomic E-state index is -2.66. The average Bonchev–Trinajstić information content (AvgIpc) is 2.12. The molecule has 1 heterocycles. The fraction of sp³-hybridized carbons (Fsp3) is 0.250. The van der Waals surface area contributed by atoms with Crippen molar-refractivity contribution in [3.63, 3.8) is 0 Å². The Morgan fingerprint density at radius 2 is 2.27 bits per heavy atom. The minimum Gasteiger partial charge on any atom is -0.481 e. The third-order valence-electron chi connectivity index (χ3n) is 1.61. The molecule has 0 amide bonds. The second kappa shape index (κ2) is 5.15. The van der Waals surface area contributed by atoms with Crippen LogP contribution in [0.4, 0.5) is 8.78 Å². The molecule has 0 saturated heterocycles. The van der Waals surface area contributed by atoms with Gasteiger partial charge in [-0.25, -0.2) is 8.78 Å². The maximum Gasteiger partial charge on any atom is 0.307 e. The van der Waals surface area contributed by atoms with Gasteiger partial charge in [-0.2, -0.15) is 0 Å². The van der Waals surface area contributed by atoms with Gasteiger partial charge in [0.15, 0.2) is 0 Å². The Bertz CT molecular complexity index is 400. The van der Waals surface area contributed by atoms with E-state index in [0.29, 0.717) is 10.0 Å². The molecule has 0 saturated carbocycles. The van der Waals surface area contributed by atoms with E-state index >= 15 is 0 Å². The number of pyridine rings is 1. The van der Waals surface area contributed by atoms with Crippen LogP contribution in [0.3, 0.4) is 0 Å². The molecule has 1 N–H and O–H groups in total. The summed E-state index contributed by atoms with van der Waals surface area (Å²) in [6.07, 6.45) is -1.75. The largest absolute Gasteiger partial charge is 0.481 e. The van der Waals surface area contributed by atoms with Gasteiger partial charge in [-0.3, -0.25) is 9.78 Å². The molecule has 0 fully saturated rings. The molecule has 1 aromatic heterocycles. The lowest BCUT2D eigenvalue weighted by Gasteiger charge is -2.07. The van der Waals surface area contributed by atoms with Crippen molar-refractivity contribution in [1.82, 2.24) is 4.98 Å². The summed E-state index contributed by atoms with van der Waals surface area (Å²) in [5.41, 5.74) is 0.0490. The number of aromatic nitrogens is 1. The van der Waals surface area contributed by atoms with Gasteiger partial charge in [-0.05, 0) is 44.1 Å². The molecule has 0 unspecified atom stereocenters. The molecule has 0 radical (unpaired) electrons. The summed E-state index contributed by atoms with van der Waals surface area (Å²) >= 11 is 4.79. The van der Waals surface area contributed by atoms with Crippen LogP contribution in [0, 0.1) is 3.57 Å². The summed E-state index contributed by atoms with van der Waals surface area (Å²) < 4.78 is 25.4. The lowest BCUT2D eigenvalue weighted by molar-refractivity contribution is -0.136. The summed E-state index contributed by atoms with van der Waals surface area (Å²) in [7, 11) is 0. The first-order valence-corrected chi connectivity index (χ1v) is 5.63. The third kappa shape index (κ3) is 3.07. The molecule has 0 aliphatic heterocycles. The van der Waals surface area contributed by atoms with Crippen LogP contribution in [0.25, 0.3) is 0 Å². The monoisotopic (exact) mass is 391 g/mol. The van der Waals surface area contributed by atoms with Gasteiger partial charge >= 0.3 is 5.97 Å². The number of rotatable bonds is 3. The normalized spacial score (nSPS) is 10.7. The molecular formula is C8H5BrF2INO2.